The average Bonchev–Trinajstić information content (AvgIpc) is 2.45. The van der Waals surface area contributed by atoms with E-state index in [1.54, 1.807) is 0 Å². The first kappa shape index (κ1) is 10.4. The average molecular weight is 233 g/mol. The largest absolute Gasteiger partial charge is 0.415 e. The van der Waals surface area contributed by atoms with Crippen LogP contribution in [0.3, 0.4) is 0 Å². The molecule has 7 heteroatoms. The second kappa shape index (κ2) is 3.48. The third-order valence-corrected chi connectivity index (χ3v) is 4.51. The fourth-order valence-electron chi connectivity index (χ4n) is 1.92. The monoisotopic (exact) mass is 233 g/mol. The lowest BCUT2D eigenvalue weighted by Crippen LogP contribution is -2.40. The summed E-state index contributed by atoms with van der Waals surface area (Å²) in [7, 11) is -2.94. The van der Waals surface area contributed by atoms with E-state index in [1.807, 2.05) is 0 Å². The Morgan fingerprint density at radius 2 is 1.80 bits per heavy atom. The molecular formula is C8H11NO5S. The number of hydrogen-bond donors (Lipinski definition) is 1. The van der Waals surface area contributed by atoms with Crippen LogP contribution in [-0.2, 0) is 19.4 Å². The van der Waals surface area contributed by atoms with Crippen molar-refractivity contribution >= 4 is 21.9 Å². The Kier molecular flexibility index (Phi) is 2.41. The van der Waals surface area contributed by atoms with Crippen molar-refractivity contribution < 1.29 is 22.7 Å². The highest BCUT2D eigenvalue weighted by atomic mass is 32.2. The van der Waals surface area contributed by atoms with Crippen molar-refractivity contribution in [3.05, 3.63) is 0 Å². The summed E-state index contributed by atoms with van der Waals surface area (Å²) < 4.78 is 26.6. The van der Waals surface area contributed by atoms with Gasteiger partial charge in [-0.2, -0.15) is 0 Å². The van der Waals surface area contributed by atoms with E-state index >= 15 is 0 Å². The first-order valence-electron chi connectivity index (χ1n) is 4.70. The topological polar surface area (TPSA) is 89.5 Å². The number of sulfone groups is 1. The second-order valence-corrected chi connectivity index (χ2v) is 6.12. The summed E-state index contributed by atoms with van der Waals surface area (Å²) in [6, 6.07) is -0.659. The van der Waals surface area contributed by atoms with E-state index in [1.165, 1.54) is 0 Å². The summed E-state index contributed by atoms with van der Waals surface area (Å²) in [5.41, 5.74) is 0. The molecule has 1 unspecified atom stereocenters. The number of carbonyl (C=O) groups excluding carboxylic acids is 2. The van der Waals surface area contributed by atoms with Crippen molar-refractivity contribution in [2.75, 3.05) is 11.5 Å². The Labute approximate surface area is 86.9 Å². The van der Waals surface area contributed by atoms with E-state index in [0.717, 1.165) is 0 Å². The Hall–Kier alpha value is -1.11. The van der Waals surface area contributed by atoms with Crippen molar-refractivity contribution in [1.82, 2.24) is 5.32 Å². The minimum Gasteiger partial charge on any atom is -0.375 e. The molecule has 0 aromatic carbocycles. The molecule has 0 bridgehead atoms. The predicted octanol–water partition coefficient (Wildman–Crippen LogP) is -0.554. The Morgan fingerprint density at radius 1 is 1.20 bits per heavy atom. The summed E-state index contributed by atoms with van der Waals surface area (Å²) in [5.74, 6) is -0.550. The molecule has 0 spiro atoms. The molecule has 2 aliphatic heterocycles. The Balaban J connectivity index is 2.02. The smallest absolute Gasteiger partial charge is 0.375 e. The molecule has 2 saturated heterocycles. The molecule has 2 fully saturated rings. The highest BCUT2D eigenvalue weighted by molar-refractivity contribution is 7.91. The highest BCUT2D eigenvalue weighted by Crippen LogP contribution is 2.24. The molecule has 0 aromatic rings. The summed E-state index contributed by atoms with van der Waals surface area (Å²) in [6.07, 6.45) is 0.0727. The first-order valence-corrected chi connectivity index (χ1v) is 6.53. The molecule has 1 amide bonds. The van der Waals surface area contributed by atoms with Crippen LogP contribution >= 0.6 is 0 Å². The SMILES string of the molecule is O=C1NC(C2CCS(=O)(=O)CC2)C(=O)O1. The summed E-state index contributed by atoms with van der Waals surface area (Å²) in [5, 5.41) is 2.40. The number of amides is 1. The van der Waals surface area contributed by atoms with E-state index in [0.29, 0.717) is 12.8 Å². The normalized spacial score (nSPS) is 31.1. The zero-order chi connectivity index (χ0) is 11.1. The van der Waals surface area contributed by atoms with Gasteiger partial charge in [-0.25, -0.2) is 18.0 Å². The van der Waals surface area contributed by atoms with Crippen LogP contribution < -0.4 is 5.32 Å². The van der Waals surface area contributed by atoms with Gasteiger partial charge in [0.2, 0.25) is 0 Å². The number of alkyl carbamates (subject to hydrolysis) is 1. The van der Waals surface area contributed by atoms with Crippen molar-refractivity contribution in [2.24, 2.45) is 5.92 Å². The Bertz CT molecular complexity index is 387. The van der Waals surface area contributed by atoms with Crippen molar-refractivity contribution in [3.8, 4) is 0 Å². The zero-order valence-corrected chi connectivity index (χ0v) is 8.75. The van der Waals surface area contributed by atoms with E-state index in [9.17, 15) is 18.0 Å². The van der Waals surface area contributed by atoms with Crippen molar-refractivity contribution in [3.63, 3.8) is 0 Å². The van der Waals surface area contributed by atoms with Crippen LogP contribution in [0, 0.1) is 5.92 Å². The quantitative estimate of drug-likeness (QED) is 0.484. The lowest BCUT2D eigenvalue weighted by atomic mass is 9.94. The first-order chi connectivity index (χ1) is 6.98. The van der Waals surface area contributed by atoms with E-state index in [4.69, 9.17) is 0 Å². The Morgan fingerprint density at radius 3 is 2.27 bits per heavy atom. The van der Waals surface area contributed by atoms with Crippen molar-refractivity contribution in [2.45, 2.75) is 18.9 Å². The van der Waals surface area contributed by atoms with Gasteiger partial charge in [0.15, 0.2) is 0 Å². The fraction of sp³-hybridized carbons (Fsp3) is 0.750. The molecule has 2 aliphatic rings. The maximum atomic E-state index is 11.2. The van der Waals surface area contributed by atoms with Crippen molar-refractivity contribution in [1.29, 1.82) is 0 Å². The van der Waals surface area contributed by atoms with Gasteiger partial charge in [0.1, 0.15) is 15.9 Å². The summed E-state index contributed by atoms with van der Waals surface area (Å²) in [6.45, 7) is 0. The molecule has 2 heterocycles. The molecule has 0 aromatic heterocycles. The van der Waals surface area contributed by atoms with E-state index in [-0.39, 0.29) is 17.4 Å². The number of carbonyl (C=O) groups is 2. The second-order valence-electron chi connectivity index (χ2n) is 3.82. The lowest BCUT2D eigenvalue weighted by molar-refractivity contribution is -0.136. The molecule has 0 aliphatic carbocycles. The number of cyclic esters (lactones) is 2. The third kappa shape index (κ3) is 2.11. The minimum absolute atomic E-state index is 0.0807. The zero-order valence-electron chi connectivity index (χ0n) is 7.93. The number of nitrogens with one attached hydrogen (secondary N) is 1. The van der Waals surface area contributed by atoms with Gasteiger partial charge in [-0.05, 0) is 18.8 Å². The number of esters is 1. The van der Waals surface area contributed by atoms with Gasteiger partial charge in [0, 0.05) is 0 Å². The number of rotatable bonds is 1. The van der Waals surface area contributed by atoms with E-state index < -0.39 is 27.9 Å². The highest BCUT2D eigenvalue weighted by Gasteiger charge is 2.40. The van der Waals surface area contributed by atoms with Gasteiger partial charge in [-0.3, -0.25) is 0 Å². The van der Waals surface area contributed by atoms with Gasteiger partial charge < -0.3 is 10.1 Å². The van der Waals surface area contributed by atoms with Crippen LogP contribution in [0.5, 0.6) is 0 Å². The van der Waals surface area contributed by atoms with E-state index in [2.05, 4.69) is 10.1 Å². The van der Waals surface area contributed by atoms with Crippen LogP contribution in [0.15, 0.2) is 0 Å². The van der Waals surface area contributed by atoms with Gasteiger partial charge in [-0.15, -0.1) is 0 Å². The third-order valence-electron chi connectivity index (χ3n) is 2.79. The van der Waals surface area contributed by atoms with Crippen LogP contribution in [-0.4, -0.2) is 38.0 Å². The lowest BCUT2D eigenvalue weighted by Gasteiger charge is -2.24. The molecule has 6 nitrogen and oxygen atoms in total. The van der Waals surface area contributed by atoms with Gasteiger partial charge in [0.25, 0.3) is 0 Å². The molecule has 84 valence electrons. The molecule has 0 saturated carbocycles. The number of hydrogen-bond acceptors (Lipinski definition) is 5. The van der Waals surface area contributed by atoms with Crippen LogP contribution in [0.1, 0.15) is 12.8 Å². The maximum absolute atomic E-state index is 11.2. The van der Waals surface area contributed by atoms with Crippen LogP contribution in [0.4, 0.5) is 4.79 Å². The van der Waals surface area contributed by atoms with Gasteiger partial charge in [0.05, 0.1) is 11.5 Å². The molecular weight excluding hydrogens is 222 g/mol. The molecule has 1 atom stereocenters. The molecule has 15 heavy (non-hydrogen) atoms. The summed E-state index contributed by atoms with van der Waals surface area (Å²) >= 11 is 0. The van der Waals surface area contributed by atoms with Crippen LogP contribution in [0.2, 0.25) is 0 Å². The fourth-order valence-corrected chi connectivity index (χ4v) is 3.45. The number of ether oxygens (including phenoxy) is 1. The predicted molar refractivity (Wildman–Crippen MR) is 49.8 cm³/mol. The maximum Gasteiger partial charge on any atom is 0.415 e. The van der Waals surface area contributed by atoms with Gasteiger partial charge in [-0.1, -0.05) is 0 Å². The van der Waals surface area contributed by atoms with Crippen LogP contribution in [0.25, 0.3) is 0 Å². The summed E-state index contributed by atoms with van der Waals surface area (Å²) in [4.78, 5) is 22.0. The molecule has 2 rings (SSSR count). The van der Waals surface area contributed by atoms with Gasteiger partial charge >= 0.3 is 12.1 Å². The standard InChI is InChI=1S/C8H11NO5S/c10-7-6(9-8(11)14-7)5-1-3-15(12,13)4-2-5/h5-6H,1-4H2,(H,9,11). The minimum atomic E-state index is -2.94. The molecule has 1 N–H and O–H groups in total. The molecule has 0 radical (unpaired) electrons.